The molecule has 1 aliphatic rings. The van der Waals surface area contributed by atoms with Gasteiger partial charge < -0.3 is 0 Å². The Morgan fingerprint density at radius 2 is 1.93 bits per heavy atom. The molecule has 1 saturated heterocycles. The van der Waals surface area contributed by atoms with Crippen LogP contribution in [0.5, 0.6) is 0 Å². The fourth-order valence-electron chi connectivity index (χ4n) is 1.91. The number of unbranched alkanes of at least 4 members (excludes halogenated alkanes) is 5. The van der Waals surface area contributed by atoms with Gasteiger partial charge in [-0.1, -0.05) is 0 Å². The molecule has 84 valence electrons. The van der Waals surface area contributed by atoms with E-state index in [1.807, 2.05) is 0 Å². The summed E-state index contributed by atoms with van der Waals surface area (Å²) in [7, 11) is 0. The quantitative estimate of drug-likeness (QED) is 0.523. The second kappa shape index (κ2) is 8.76. The monoisotopic (exact) mass is 263 g/mol. The molecular weight excluding hydrogens is 237 g/mol. The molecule has 0 aromatic rings. The van der Waals surface area contributed by atoms with E-state index in [1.165, 1.54) is 62.1 Å². The van der Waals surface area contributed by atoms with Crippen LogP contribution in [0.4, 0.5) is 0 Å². The summed E-state index contributed by atoms with van der Waals surface area (Å²) in [5.41, 5.74) is 0. The number of nitrogens with one attached hydrogen (secondary N) is 1. The van der Waals surface area contributed by atoms with Gasteiger partial charge in [0.05, 0.1) is 0 Å². The minimum atomic E-state index is 0.894. The first kappa shape index (κ1) is 12.5. The predicted octanol–water partition coefficient (Wildman–Crippen LogP) is 3.25. The van der Waals surface area contributed by atoms with E-state index in [4.69, 9.17) is 0 Å². The summed E-state index contributed by atoms with van der Waals surface area (Å²) in [5, 5.41) is 6.69. The Bertz CT molecular complexity index is 121. The van der Waals surface area contributed by atoms with Gasteiger partial charge in [-0.25, -0.2) is 0 Å². The minimum absolute atomic E-state index is 0.894. The zero-order valence-corrected chi connectivity index (χ0v) is 11.3. The van der Waals surface area contributed by atoms with Crippen molar-refractivity contribution in [3.63, 3.8) is 0 Å². The number of hydrogen-bond acceptors (Lipinski definition) is 1. The maximum absolute atomic E-state index is 3.69. The van der Waals surface area contributed by atoms with Crippen molar-refractivity contribution < 1.29 is 0 Å². The molecule has 0 unspecified atom stereocenters. The standard InChI is InChI=1S/C12H25NSe/c1-2-3-4-5-6-7-9-13-12-8-10-14-11-12/h12-13H,2-11H2,1H3/t12-/m0/s1. The van der Waals surface area contributed by atoms with Gasteiger partial charge in [-0.3, -0.25) is 0 Å². The second-order valence-electron chi connectivity index (χ2n) is 4.28. The number of rotatable bonds is 8. The Morgan fingerprint density at radius 1 is 1.14 bits per heavy atom. The summed E-state index contributed by atoms with van der Waals surface area (Å²) in [4.78, 5) is 0. The van der Waals surface area contributed by atoms with Gasteiger partial charge in [0.15, 0.2) is 0 Å². The zero-order valence-electron chi connectivity index (χ0n) is 9.56. The van der Waals surface area contributed by atoms with Gasteiger partial charge in [0, 0.05) is 0 Å². The first-order chi connectivity index (χ1) is 6.93. The second-order valence-corrected chi connectivity index (χ2v) is 6.69. The molecule has 1 rings (SSSR count). The molecule has 1 fully saturated rings. The van der Waals surface area contributed by atoms with Gasteiger partial charge in [-0.15, -0.1) is 0 Å². The van der Waals surface area contributed by atoms with Crippen LogP contribution in [0.15, 0.2) is 0 Å². The van der Waals surface area contributed by atoms with Crippen molar-refractivity contribution in [3.8, 4) is 0 Å². The van der Waals surface area contributed by atoms with E-state index in [-0.39, 0.29) is 0 Å². The average molecular weight is 262 g/mol. The summed E-state index contributed by atoms with van der Waals surface area (Å²) in [5.74, 6) is 0. The molecule has 1 atom stereocenters. The fourth-order valence-corrected chi connectivity index (χ4v) is 4.40. The third-order valence-electron chi connectivity index (χ3n) is 2.89. The predicted molar refractivity (Wildman–Crippen MR) is 65.2 cm³/mol. The van der Waals surface area contributed by atoms with Gasteiger partial charge >= 0.3 is 95.4 Å². The molecule has 0 spiro atoms. The summed E-state index contributed by atoms with van der Waals surface area (Å²) in [6, 6.07) is 0.894. The SMILES string of the molecule is CCCCCCCCN[C@H]1CC[Se]C1. The molecule has 2 heteroatoms. The Morgan fingerprint density at radius 3 is 2.64 bits per heavy atom. The van der Waals surface area contributed by atoms with E-state index >= 15 is 0 Å². The van der Waals surface area contributed by atoms with Crippen molar-refractivity contribution in [1.29, 1.82) is 0 Å². The molecule has 1 heterocycles. The van der Waals surface area contributed by atoms with Crippen LogP contribution < -0.4 is 5.32 Å². The third kappa shape index (κ3) is 6.06. The van der Waals surface area contributed by atoms with Crippen LogP contribution in [0, 0.1) is 0 Å². The van der Waals surface area contributed by atoms with Gasteiger partial charge in [0.1, 0.15) is 0 Å². The van der Waals surface area contributed by atoms with Crippen LogP contribution in [0.25, 0.3) is 0 Å². The molecule has 0 aliphatic carbocycles. The molecule has 0 saturated carbocycles. The summed E-state index contributed by atoms with van der Waals surface area (Å²) < 4.78 is 0. The van der Waals surface area contributed by atoms with E-state index < -0.39 is 0 Å². The van der Waals surface area contributed by atoms with E-state index in [2.05, 4.69) is 12.2 Å². The van der Waals surface area contributed by atoms with Crippen molar-refractivity contribution in [3.05, 3.63) is 0 Å². The summed E-state index contributed by atoms with van der Waals surface area (Å²) >= 11 is 0.971. The van der Waals surface area contributed by atoms with Gasteiger partial charge in [0.2, 0.25) is 0 Å². The third-order valence-corrected chi connectivity index (χ3v) is 5.33. The first-order valence-corrected chi connectivity index (χ1v) is 8.67. The van der Waals surface area contributed by atoms with Crippen molar-refractivity contribution in [2.45, 2.75) is 68.5 Å². The first-order valence-electron chi connectivity index (χ1n) is 6.24. The Hall–Kier alpha value is 0.479. The molecule has 1 nitrogen and oxygen atoms in total. The van der Waals surface area contributed by atoms with Crippen LogP contribution >= 0.6 is 0 Å². The van der Waals surface area contributed by atoms with Crippen LogP contribution in [-0.4, -0.2) is 27.5 Å². The topological polar surface area (TPSA) is 12.0 Å². The molecule has 1 N–H and O–H groups in total. The Labute approximate surface area is 95.6 Å². The van der Waals surface area contributed by atoms with Crippen LogP contribution in [0.3, 0.4) is 0 Å². The van der Waals surface area contributed by atoms with Crippen LogP contribution in [-0.2, 0) is 0 Å². The fraction of sp³-hybridized carbons (Fsp3) is 1.00. The van der Waals surface area contributed by atoms with Crippen molar-refractivity contribution >= 4 is 15.0 Å². The summed E-state index contributed by atoms with van der Waals surface area (Å²) in [6.07, 6.45) is 9.97. The van der Waals surface area contributed by atoms with Crippen LogP contribution in [0.1, 0.15) is 51.9 Å². The van der Waals surface area contributed by atoms with Gasteiger partial charge in [-0.2, -0.15) is 0 Å². The van der Waals surface area contributed by atoms with Crippen molar-refractivity contribution in [2.75, 3.05) is 6.54 Å². The van der Waals surface area contributed by atoms with E-state index in [1.54, 1.807) is 0 Å². The molecule has 0 radical (unpaired) electrons. The Kier molecular flexibility index (Phi) is 7.85. The van der Waals surface area contributed by atoms with E-state index in [0.29, 0.717) is 0 Å². The average Bonchev–Trinajstić information content (AvgIpc) is 2.69. The zero-order chi connectivity index (χ0) is 10.1. The molecule has 1 aliphatic heterocycles. The van der Waals surface area contributed by atoms with E-state index in [0.717, 1.165) is 21.0 Å². The molecule has 0 aromatic heterocycles. The normalized spacial score (nSPS) is 21.6. The van der Waals surface area contributed by atoms with Gasteiger partial charge in [0.25, 0.3) is 0 Å². The number of hydrogen-bond donors (Lipinski definition) is 1. The summed E-state index contributed by atoms with van der Waals surface area (Å²) in [6.45, 7) is 3.55. The molecule has 0 aromatic carbocycles. The molecule has 14 heavy (non-hydrogen) atoms. The van der Waals surface area contributed by atoms with Crippen molar-refractivity contribution in [2.24, 2.45) is 0 Å². The maximum atomic E-state index is 3.69. The molecular formula is C12H25NSe. The van der Waals surface area contributed by atoms with Crippen molar-refractivity contribution in [1.82, 2.24) is 5.32 Å². The molecule has 0 amide bonds. The Balaban J connectivity index is 1.75. The van der Waals surface area contributed by atoms with E-state index in [9.17, 15) is 0 Å². The molecule has 0 bridgehead atoms. The van der Waals surface area contributed by atoms with Crippen LogP contribution in [0.2, 0.25) is 10.6 Å². The van der Waals surface area contributed by atoms with Gasteiger partial charge in [-0.05, 0) is 0 Å².